The Morgan fingerprint density at radius 3 is 2.52 bits per heavy atom. The lowest BCUT2D eigenvalue weighted by molar-refractivity contribution is 0.266. The Morgan fingerprint density at radius 1 is 1.24 bits per heavy atom. The van der Waals surface area contributed by atoms with E-state index in [4.69, 9.17) is 4.74 Å². The summed E-state index contributed by atoms with van der Waals surface area (Å²) in [5.41, 5.74) is 2.59. The normalized spacial score (nSPS) is 14.2. The van der Waals surface area contributed by atoms with Crippen LogP contribution in [0.2, 0.25) is 0 Å². The number of hydrogen-bond acceptors (Lipinski definition) is 3. The van der Waals surface area contributed by atoms with Gasteiger partial charge in [-0.2, -0.15) is 0 Å². The number of benzene rings is 1. The Labute approximate surface area is 130 Å². The third-order valence-corrected chi connectivity index (χ3v) is 4.08. The maximum Gasteiger partial charge on any atom is 0.123 e. The van der Waals surface area contributed by atoms with Crippen LogP contribution in [0.4, 0.5) is 0 Å². The highest BCUT2D eigenvalue weighted by atomic mass is 16.5. The fraction of sp³-hybridized carbons (Fsp3) is 0.667. The summed E-state index contributed by atoms with van der Waals surface area (Å²) in [6.07, 6.45) is 1.22. The van der Waals surface area contributed by atoms with E-state index in [1.807, 2.05) is 14.0 Å². The van der Waals surface area contributed by atoms with E-state index in [0.717, 1.165) is 24.8 Å². The number of rotatable bonds is 9. The van der Waals surface area contributed by atoms with Crippen molar-refractivity contribution in [2.24, 2.45) is 5.92 Å². The molecule has 0 saturated carbocycles. The zero-order chi connectivity index (χ0) is 15.8. The quantitative estimate of drug-likeness (QED) is 0.748. The SMILES string of the molecule is CCOc1ccc(C(C)NC)cc1CN(C)CC(C)CC. The molecule has 1 aromatic carbocycles. The predicted octanol–water partition coefficient (Wildman–Crippen LogP) is 3.84. The average Bonchev–Trinajstić information content (AvgIpc) is 2.48. The summed E-state index contributed by atoms with van der Waals surface area (Å²) in [6, 6.07) is 6.90. The topological polar surface area (TPSA) is 24.5 Å². The van der Waals surface area contributed by atoms with Gasteiger partial charge in [-0.25, -0.2) is 0 Å². The van der Waals surface area contributed by atoms with Crippen LogP contribution in [-0.2, 0) is 6.54 Å². The second-order valence-corrected chi connectivity index (χ2v) is 6.02. The van der Waals surface area contributed by atoms with Gasteiger partial charge in [0.15, 0.2) is 0 Å². The molecule has 0 aliphatic rings. The van der Waals surface area contributed by atoms with Crippen molar-refractivity contribution in [3.63, 3.8) is 0 Å². The first-order chi connectivity index (χ1) is 10.0. The summed E-state index contributed by atoms with van der Waals surface area (Å²) < 4.78 is 5.79. The van der Waals surface area contributed by atoms with E-state index in [1.165, 1.54) is 17.5 Å². The fourth-order valence-corrected chi connectivity index (χ4v) is 2.47. The average molecular weight is 292 g/mol. The first kappa shape index (κ1) is 18.0. The summed E-state index contributed by atoms with van der Waals surface area (Å²) in [4.78, 5) is 2.39. The molecule has 0 bridgehead atoms. The van der Waals surface area contributed by atoms with Crippen molar-refractivity contribution < 1.29 is 4.74 Å². The zero-order valence-corrected chi connectivity index (χ0v) is 14.6. The number of hydrogen-bond donors (Lipinski definition) is 1. The van der Waals surface area contributed by atoms with Crippen molar-refractivity contribution in [3.05, 3.63) is 29.3 Å². The highest BCUT2D eigenvalue weighted by Gasteiger charge is 2.12. The smallest absolute Gasteiger partial charge is 0.123 e. The van der Waals surface area contributed by atoms with Gasteiger partial charge in [0, 0.05) is 24.7 Å². The molecule has 0 spiro atoms. The van der Waals surface area contributed by atoms with E-state index in [9.17, 15) is 0 Å². The monoisotopic (exact) mass is 292 g/mol. The van der Waals surface area contributed by atoms with Gasteiger partial charge in [0.05, 0.1) is 6.61 Å². The molecule has 0 aliphatic carbocycles. The summed E-state index contributed by atoms with van der Waals surface area (Å²) in [5.74, 6) is 1.74. The standard InChI is InChI=1S/C18H32N2O/c1-7-14(3)12-20(6)13-17-11-16(15(4)19-5)9-10-18(17)21-8-2/h9-11,14-15,19H,7-8,12-13H2,1-6H3. The Hall–Kier alpha value is -1.06. The van der Waals surface area contributed by atoms with E-state index in [-0.39, 0.29) is 0 Å². The van der Waals surface area contributed by atoms with Crippen molar-refractivity contribution in [1.29, 1.82) is 0 Å². The zero-order valence-electron chi connectivity index (χ0n) is 14.6. The molecule has 0 fully saturated rings. The van der Waals surface area contributed by atoms with Crippen LogP contribution < -0.4 is 10.1 Å². The minimum Gasteiger partial charge on any atom is -0.494 e. The fourth-order valence-electron chi connectivity index (χ4n) is 2.47. The molecular weight excluding hydrogens is 260 g/mol. The lowest BCUT2D eigenvalue weighted by Crippen LogP contribution is -2.24. The van der Waals surface area contributed by atoms with Crippen LogP contribution in [0.25, 0.3) is 0 Å². The number of ether oxygens (including phenoxy) is 1. The van der Waals surface area contributed by atoms with Crippen LogP contribution in [-0.4, -0.2) is 32.1 Å². The Morgan fingerprint density at radius 2 is 1.95 bits per heavy atom. The maximum atomic E-state index is 5.79. The van der Waals surface area contributed by atoms with Gasteiger partial charge >= 0.3 is 0 Å². The van der Waals surface area contributed by atoms with Gasteiger partial charge in [-0.1, -0.05) is 26.3 Å². The lowest BCUT2D eigenvalue weighted by Gasteiger charge is -2.23. The van der Waals surface area contributed by atoms with Gasteiger partial charge in [0.1, 0.15) is 5.75 Å². The van der Waals surface area contributed by atoms with Crippen molar-refractivity contribution in [3.8, 4) is 5.75 Å². The Balaban J connectivity index is 2.89. The van der Waals surface area contributed by atoms with Crippen LogP contribution >= 0.6 is 0 Å². The molecule has 0 saturated heterocycles. The molecule has 3 nitrogen and oxygen atoms in total. The van der Waals surface area contributed by atoms with E-state index < -0.39 is 0 Å². The van der Waals surface area contributed by atoms with Crippen LogP contribution in [0, 0.1) is 5.92 Å². The largest absolute Gasteiger partial charge is 0.494 e. The number of nitrogens with zero attached hydrogens (tertiary/aromatic N) is 1. The summed E-state index contributed by atoms with van der Waals surface area (Å²) in [6.45, 7) is 11.5. The lowest BCUT2D eigenvalue weighted by atomic mass is 10.0. The molecule has 2 atom stereocenters. The second kappa shape index (κ2) is 9.06. The molecule has 1 N–H and O–H groups in total. The van der Waals surface area contributed by atoms with Crippen molar-refractivity contribution in [2.45, 2.75) is 46.7 Å². The molecule has 2 unspecified atom stereocenters. The van der Waals surface area contributed by atoms with Gasteiger partial charge < -0.3 is 15.0 Å². The molecule has 0 amide bonds. The van der Waals surface area contributed by atoms with Crippen molar-refractivity contribution >= 4 is 0 Å². The minimum atomic E-state index is 0.360. The molecule has 0 heterocycles. The summed E-state index contributed by atoms with van der Waals surface area (Å²) in [5, 5.41) is 3.30. The number of nitrogens with one attached hydrogen (secondary N) is 1. The molecular formula is C18H32N2O. The highest BCUT2D eigenvalue weighted by Crippen LogP contribution is 2.25. The van der Waals surface area contributed by atoms with Crippen molar-refractivity contribution in [2.75, 3.05) is 27.2 Å². The van der Waals surface area contributed by atoms with Gasteiger partial charge in [-0.05, 0) is 51.6 Å². The second-order valence-electron chi connectivity index (χ2n) is 6.02. The summed E-state index contributed by atoms with van der Waals surface area (Å²) in [7, 11) is 4.19. The van der Waals surface area contributed by atoms with E-state index in [1.54, 1.807) is 0 Å². The first-order valence-electron chi connectivity index (χ1n) is 8.13. The summed E-state index contributed by atoms with van der Waals surface area (Å²) >= 11 is 0. The molecule has 0 aromatic heterocycles. The first-order valence-corrected chi connectivity index (χ1v) is 8.13. The van der Waals surface area contributed by atoms with Crippen LogP contribution in [0.3, 0.4) is 0 Å². The Kier molecular flexibility index (Phi) is 7.76. The van der Waals surface area contributed by atoms with E-state index in [0.29, 0.717) is 12.6 Å². The van der Waals surface area contributed by atoms with Gasteiger partial charge in [-0.15, -0.1) is 0 Å². The molecule has 1 aromatic rings. The van der Waals surface area contributed by atoms with Crippen LogP contribution in [0.1, 0.15) is 51.3 Å². The van der Waals surface area contributed by atoms with Crippen molar-refractivity contribution in [1.82, 2.24) is 10.2 Å². The van der Waals surface area contributed by atoms with Gasteiger partial charge in [0.25, 0.3) is 0 Å². The van der Waals surface area contributed by atoms with Gasteiger partial charge in [-0.3, -0.25) is 0 Å². The third kappa shape index (κ3) is 5.68. The van der Waals surface area contributed by atoms with Crippen LogP contribution in [0.15, 0.2) is 18.2 Å². The molecule has 0 radical (unpaired) electrons. The molecule has 1 rings (SSSR count). The predicted molar refractivity (Wildman–Crippen MR) is 90.9 cm³/mol. The van der Waals surface area contributed by atoms with Gasteiger partial charge in [0.2, 0.25) is 0 Å². The van der Waals surface area contributed by atoms with Crippen LogP contribution in [0.5, 0.6) is 5.75 Å². The molecule has 21 heavy (non-hydrogen) atoms. The highest BCUT2D eigenvalue weighted by molar-refractivity contribution is 5.38. The molecule has 3 heteroatoms. The molecule has 120 valence electrons. The van der Waals surface area contributed by atoms with E-state index >= 15 is 0 Å². The van der Waals surface area contributed by atoms with E-state index in [2.05, 4.69) is 56.2 Å². The third-order valence-electron chi connectivity index (χ3n) is 4.08. The Bertz CT molecular complexity index is 420. The minimum absolute atomic E-state index is 0.360. The maximum absolute atomic E-state index is 5.79. The molecule has 0 aliphatic heterocycles.